The minimum Gasteiger partial charge on any atom is -0.383 e. The fourth-order valence-corrected chi connectivity index (χ4v) is 4.24. The minimum absolute atomic E-state index is 0.0802. The summed E-state index contributed by atoms with van der Waals surface area (Å²) in [6.45, 7) is 2.54. The van der Waals surface area contributed by atoms with Gasteiger partial charge in [0.15, 0.2) is 5.69 Å². The Hall–Kier alpha value is -2.48. The quantitative estimate of drug-likeness (QED) is 0.815. The topological polar surface area (TPSA) is 67.2 Å². The molecule has 2 aliphatic rings. The number of pyridine rings is 1. The molecular formula is C19H23FN4O3. The van der Waals surface area contributed by atoms with Gasteiger partial charge in [0, 0.05) is 39.5 Å². The van der Waals surface area contributed by atoms with Crippen LogP contribution < -0.4 is 0 Å². The van der Waals surface area contributed by atoms with E-state index in [-0.39, 0.29) is 11.6 Å². The molecule has 0 N–H and O–H groups in total. The molecule has 0 aliphatic carbocycles. The number of likely N-dealkylation sites (tertiary alicyclic amines) is 2. The number of piperidine rings is 1. The molecule has 0 aromatic carbocycles. The molecule has 2 saturated heterocycles. The SMILES string of the molecule is COCCN1CCC[C@@]2(CCN(C(=O)c3nc4ccccn4c3F)C2)C1=O. The van der Waals surface area contributed by atoms with Crippen LogP contribution in [-0.2, 0) is 9.53 Å². The molecule has 1 spiro atoms. The number of rotatable bonds is 4. The molecule has 2 aromatic rings. The summed E-state index contributed by atoms with van der Waals surface area (Å²) in [6, 6.07) is 5.09. The van der Waals surface area contributed by atoms with Gasteiger partial charge in [0.25, 0.3) is 5.91 Å². The van der Waals surface area contributed by atoms with Crippen LogP contribution in [0.2, 0.25) is 0 Å². The summed E-state index contributed by atoms with van der Waals surface area (Å²) >= 11 is 0. The van der Waals surface area contributed by atoms with Crippen LogP contribution in [0.3, 0.4) is 0 Å². The highest BCUT2D eigenvalue weighted by Crippen LogP contribution is 2.40. The summed E-state index contributed by atoms with van der Waals surface area (Å²) in [5.74, 6) is -1.03. The number of carbonyl (C=O) groups is 2. The normalized spacial score (nSPS) is 23.0. The monoisotopic (exact) mass is 374 g/mol. The second-order valence-electron chi connectivity index (χ2n) is 7.33. The first-order chi connectivity index (χ1) is 13.1. The second-order valence-corrected chi connectivity index (χ2v) is 7.33. The lowest BCUT2D eigenvalue weighted by atomic mass is 9.78. The molecule has 0 unspecified atom stereocenters. The summed E-state index contributed by atoms with van der Waals surface area (Å²) in [7, 11) is 1.61. The summed E-state index contributed by atoms with van der Waals surface area (Å²) in [5, 5.41) is 0. The number of methoxy groups -OCH3 is 1. The second kappa shape index (κ2) is 6.92. The number of halogens is 1. The Morgan fingerprint density at radius 1 is 1.33 bits per heavy atom. The van der Waals surface area contributed by atoms with E-state index in [1.165, 1.54) is 10.6 Å². The maximum Gasteiger partial charge on any atom is 0.277 e. The molecule has 1 atom stereocenters. The standard InChI is InChI=1S/C19H23FN4O3/c1-27-12-11-22-8-4-6-19(18(22)26)7-10-23(13-19)17(25)15-16(20)24-9-3-2-5-14(24)21-15/h2-3,5,9H,4,6-8,10-13H2,1H3/t19-/m0/s1. The van der Waals surface area contributed by atoms with Gasteiger partial charge in [0.1, 0.15) is 5.65 Å². The van der Waals surface area contributed by atoms with Gasteiger partial charge in [0.05, 0.1) is 12.0 Å². The number of carbonyl (C=O) groups excluding carboxylic acids is 2. The van der Waals surface area contributed by atoms with E-state index in [9.17, 15) is 14.0 Å². The van der Waals surface area contributed by atoms with Gasteiger partial charge >= 0.3 is 0 Å². The van der Waals surface area contributed by atoms with Gasteiger partial charge in [-0.05, 0) is 31.4 Å². The molecule has 0 bridgehead atoms. The Balaban J connectivity index is 1.54. The van der Waals surface area contributed by atoms with Crippen molar-refractivity contribution in [3.63, 3.8) is 0 Å². The van der Waals surface area contributed by atoms with E-state index in [4.69, 9.17) is 4.74 Å². The van der Waals surface area contributed by atoms with Crippen molar-refractivity contribution in [2.24, 2.45) is 5.41 Å². The van der Waals surface area contributed by atoms with Crippen molar-refractivity contribution in [2.45, 2.75) is 19.3 Å². The van der Waals surface area contributed by atoms with E-state index in [2.05, 4.69) is 4.98 Å². The lowest BCUT2D eigenvalue weighted by molar-refractivity contribution is -0.146. The zero-order chi connectivity index (χ0) is 19.0. The highest BCUT2D eigenvalue weighted by atomic mass is 19.1. The number of ether oxygens (including phenoxy) is 1. The molecule has 2 aromatic heterocycles. The van der Waals surface area contributed by atoms with Crippen molar-refractivity contribution >= 4 is 17.5 Å². The van der Waals surface area contributed by atoms with Crippen LogP contribution in [0, 0.1) is 11.4 Å². The van der Waals surface area contributed by atoms with Crippen molar-refractivity contribution in [1.82, 2.24) is 19.2 Å². The van der Waals surface area contributed by atoms with Crippen molar-refractivity contribution in [1.29, 1.82) is 0 Å². The average Bonchev–Trinajstić information content (AvgIpc) is 3.26. The number of imidazole rings is 1. The highest BCUT2D eigenvalue weighted by Gasteiger charge is 2.49. The molecule has 0 radical (unpaired) electrons. The molecule has 144 valence electrons. The van der Waals surface area contributed by atoms with E-state index in [0.29, 0.717) is 38.3 Å². The van der Waals surface area contributed by atoms with Gasteiger partial charge in [-0.25, -0.2) is 4.98 Å². The first kappa shape index (κ1) is 17.9. The van der Waals surface area contributed by atoms with E-state index in [0.717, 1.165) is 19.4 Å². The molecule has 2 aliphatic heterocycles. The first-order valence-electron chi connectivity index (χ1n) is 9.26. The van der Waals surface area contributed by atoms with Crippen LogP contribution in [0.25, 0.3) is 5.65 Å². The van der Waals surface area contributed by atoms with E-state index >= 15 is 0 Å². The highest BCUT2D eigenvalue weighted by molar-refractivity contribution is 5.94. The van der Waals surface area contributed by atoms with Crippen molar-refractivity contribution in [2.75, 3.05) is 39.9 Å². The predicted octanol–water partition coefficient (Wildman–Crippen LogP) is 1.57. The van der Waals surface area contributed by atoms with Crippen LogP contribution >= 0.6 is 0 Å². The molecule has 4 heterocycles. The van der Waals surface area contributed by atoms with Gasteiger partial charge in [0.2, 0.25) is 11.9 Å². The third kappa shape index (κ3) is 2.97. The molecule has 27 heavy (non-hydrogen) atoms. The Morgan fingerprint density at radius 3 is 2.96 bits per heavy atom. The van der Waals surface area contributed by atoms with Gasteiger partial charge < -0.3 is 14.5 Å². The molecule has 7 nitrogen and oxygen atoms in total. The predicted molar refractivity (Wildman–Crippen MR) is 95.8 cm³/mol. The van der Waals surface area contributed by atoms with Crippen LogP contribution in [0.1, 0.15) is 29.8 Å². The number of amides is 2. The molecule has 2 fully saturated rings. The van der Waals surface area contributed by atoms with Crippen LogP contribution in [-0.4, -0.2) is 70.9 Å². The maximum atomic E-state index is 14.6. The Bertz CT molecular complexity index is 883. The summed E-state index contributed by atoms with van der Waals surface area (Å²) in [6.07, 6.45) is 3.81. The number of hydrogen-bond donors (Lipinski definition) is 0. The van der Waals surface area contributed by atoms with Crippen LogP contribution in [0.15, 0.2) is 24.4 Å². The molecular weight excluding hydrogens is 351 g/mol. The van der Waals surface area contributed by atoms with Gasteiger partial charge in [-0.3, -0.25) is 14.0 Å². The number of aromatic nitrogens is 2. The largest absolute Gasteiger partial charge is 0.383 e. The fraction of sp³-hybridized carbons (Fsp3) is 0.526. The van der Waals surface area contributed by atoms with Crippen LogP contribution in [0.5, 0.6) is 0 Å². The lowest BCUT2D eigenvalue weighted by Gasteiger charge is -2.39. The smallest absolute Gasteiger partial charge is 0.277 e. The van der Waals surface area contributed by atoms with Gasteiger partial charge in [-0.15, -0.1) is 0 Å². The number of hydrogen-bond acceptors (Lipinski definition) is 4. The third-order valence-electron chi connectivity index (χ3n) is 5.70. The Kier molecular flexibility index (Phi) is 4.59. The fourth-order valence-electron chi connectivity index (χ4n) is 4.24. The zero-order valence-corrected chi connectivity index (χ0v) is 15.4. The van der Waals surface area contributed by atoms with Crippen molar-refractivity contribution in [3.05, 3.63) is 36.0 Å². The zero-order valence-electron chi connectivity index (χ0n) is 15.4. The number of fused-ring (bicyclic) bond motifs is 1. The molecule has 4 rings (SSSR count). The molecule has 0 saturated carbocycles. The van der Waals surface area contributed by atoms with E-state index < -0.39 is 17.3 Å². The summed E-state index contributed by atoms with van der Waals surface area (Å²) < 4.78 is 21.0. The summed E-state index contributed by atoms with van der Waals surface area (Å²) in [4.78, 5) is 33.4. The van der Waals surface area contributed by atoms with Crippen LogP contribution in [0.4, 0.5) is 4.39 Å². The van der Waals surface area contributed by atoms with E-state index in [1.54, 1.807) is 30.2 Å². The van der Waals surface area contributed by atoms with Crippen molar-refractivity contribution < 1.29 is 18.7 Å². The summed E-state index contributed by atoms with van der Waals surface area (Å²) in [5.41, 5.74) is -0.346. The van der Waals surface area contributed by atoms with Gasteiger partial charge in [-0.2, -0.15) is 4.39 Å². The average molecular weight is 374 g/mol. The van der Waals surface area contributed by atoms with Crippen molar-refractivity contribution in [3.8, 4) is 0 Å². The third-order valence-corrected chi connectivity index (χ3v) is 5.70. The molecule has 2 amide bonds. The Labute approximate surface area is 156 Å². The van der Waals surface area contributed by atoms with Gasteiger partial charge in [-0.1, -0.05) is 6.07 Å². The first-order valence-corrected chi connectivity index (χ1v) is 9.26. The van der Waals surface area contributed by atoms with E-state index in [1.807, 2.05) is 4.90 Å². The minimum atomic E-state index is -0.659. The number of nitrogens with zero attached hydrogens (tertiary/aromatic N) is 4. The lowest BCUT2D eigenvalue weighted by Crippen LogP contribution is -2.51. The maximum absolute atomic E-state index is 14.6. The molecule has 8 heteroatoms. The Morgan fingerprint density at radius 2 is 2.19 bits per heavy atom.